The first kappa shape index (κ1) is 15.8. The number of carbonyl (C=O) groups is 2. The lowest BCUT2D eigenvalue weighted by Crippen LogP contribution is -2.34. The second-order valence-electron chi connectivity index (χ2n) is 5.25. The Bertz CT molecular complexity index is 632. The zero-order chi connectivity index (χ0) is 16.1. The van der Waals surface area contributed by atoms with E-state index in [1.54, 1.807) is 26.1 Å². The molecule has 5 heteroatoms. The van der Waals surface area contributed by atoms with E-state index in [-0.39, 0.29) is 17.8 Å². The number of nitrogens with zero attached hydrogens (tertiary/aromatic N) is 2. The van der Waals surface area contributed by atoms with Crippen LogP contribution in [0, 0.1) is 5.92 Å². The number of benzene rings is 1. The molecule has 0 aliphatic carbocycles. The van der Waals surface area contributed by atoms with Crippen LogP contribution in [-0.4, -0.2) is 42.0 Å². The van der Waals surface area contributed by atoms with Gasteiger partial charge < -0.3 is 14.2 Å². The summed E-state index contributed by atoms with van der Waals surface area (Å²) in [5.41, 5.74) is 1.59. The Morgan fingerprint density at radius 1 is 1.18 bits per heavy atom. The number of aromatic nitrogens is 1. The number of amides is 1. The highest BCUT2D eigenvalue weighted by Crippen LogP contribution is 2.12. The summed E-state index contributed by atoms with van der Waals surface area (Å²) < 4.78 is 6.65. The van der Waals surface area contributed by atoms with E-state index in [1.807, 2.05) is 41.2 Å². The van der Waals surface area contributed by atoms with Crippen molar-refractivity contribution in [2.24, 2.45) is 5.92 Å². The van der Waals surface area contributed by atoms with Crippen LogP contribution >= 0.6 is 0 Å². The zero-order valence-electron chi connectivity index (χ0n) is 13.0. The average molecular weight is 300 g/mol. The van der Waals surface area contributed by atoms with E-state index >= 15 is 0 Å². The SMILES string of the molecule is COC(=O)C(C)CN(C)C(=O)c1ccc(-n2cccc2)cc1. The van der Waals surface area contributed by atoms with Crippen molar-refractivity contribution in [3.8, 4) is 5.69 Å². The molecule has 22 heavy (non-hydrogen) atoms. The summed E-state index contributed by atoms with van der Waals surface area (Å²) in [4.78, 5) is 25.3. The fourth-order valence-corrected chi connectivity index (χ4v) is 2.27. The number of hydrogen-bond donors (Lipinski definition) is 0. The van der Waals surface area contributed by atoms with Gasteiger partial charge in [0.15, 0.2) is 0 Å². The summed E-state index contributed by atoms with van der Waals surface area (Å²) in [7, 11) is 3.03. The Morgan fingerprint density at radius 3 is 2.32 bits per heavy atom. The molecule has 116 valence electrons. The van der Waals surface area contributed by atoms with Gasteiger partial charge in [-0.2, -0.15) is 0 Å². The zero-order valence-corrected chi connectivity index (χ0v) is 13.0. The van der Waals surface area contributed by atoms with Crippen molar-refractivity contribution < 1.29 is 14.3 Å². The second-order valence-corrected chi connectivity index (χ2v) is 5.25. The summed E-state index contributed by atoms with van der Waals surface area (Å²) >= 11 is 0. The molecule has 1 atom stereocenters. The molecule has 0 aliphatic heterocycles. The molecule has 0 N–H and O–H groups in total. The lowest BCUT2D eigenvalue weighted by Gasteiger charge is -2.20. The molecule has 0 saturated carbocycles. The molecule has 0 radical (unpaired) electrons. The lowest BCUT2D eigenvalue weighted by molar-refractivity contribution is -0.145. The van der Waals surface area contributed by atoms with E-state index in [1.165, 1.54) is 12.0 Å². The molecule has 1 unspecified atom stereocenters. The maximum atomic E-state index is 12.4. The van der Waals surface area contributed by atoms with Crippen LogP contribution in [0.4, 0.5) is 0 Å². The van der Waals surface area contributed by atoms with Crippen molar-refractivity contribution in [1.82, 2.24) is 9.47 Å². The molecule has 0 saturated heterocycles. The maximum Gasteiger partial charge on any atom is 0.310 e. The Kier molecular flexibility index (Phi) is 4.99. The number of rotatable bonds is 5. The normalized spacial score (nSPS) is 11.8. The highest BCUT2D eigenvalue weighted by molar-refractivity contribution is 5.94. The number of hydrogen-bond acceptors (Lipinski definition) is 3. The fraction of sp³-hybridized carbons (Fsp3) is 0.294. The average Bonchev–Trinajstić information content (AvgIpc) is 3.07. The van der Waals surface area contributed by atoms with Gasteiger partial charge in [0.25, 0.3) is 5.91 Å². The molecule has 0 fully saturated rings. The van der Waals surface area contributed by atoms with Crippen LogP contribution in [0.3, 0.4) is 0 Å². The van der Waals surface area contributed by atoms with Crippen LogP contribution < -0.4 is 0 Å². The molecule has 2 rings (SSSR count). The molecule has 0 spiro atoms. The minimum absolute atomic E-state index is 0.116. The molecule has 1 aromatic carbocycles. The number of esters is 1. The Balaban J connectivity index is 2.04. The van der Waals surface area contributed by atoms with Crippen LogP contribution in [0.2, 0.25) is 0 Å². The van der Waals surface area contributed by atoms with Crippen LogP contribution in [0.15, 0.2) is 48.8 Å². The molecular formula is C17H20N2O3. The van der Waals surface area contributed by atoms with Gasteiger partial charge >= 0.3 is 5.97 Å². The smallest absolute Gasteiger partial charge is 0.310 e. The van der Waals surface area contributed by atoms with Crippen LogP contribution in [-0.2, 0) is 9.53 Å². The van der Waals surface area contributed by atoms with Crippen LogP contribution in [0.1, 0.15) is 17.3 Å². The van der Waals surface area contributed by atoms with E-state index in [4.69, 9.17) is 0 Å². The predicted molar refractivity (Wildman–Crippen MR) is 83.9 cm³/mol. The summed E-state index contributed by atoms with van der Waals surface area (Å²) in [5.74, 6) is -0.782. The number of ether oxygens (including phenoxy) is 1. The summed E-state index contributed by atoms with van der Waals surface area (Å²) in [5, 5.41) is 0. The largest absolute Gasteiger partial charge is 0.469 e. The third-order valence-electron chi connectivity index (χ3n) is 3.51. The highest BCUT2D eigenvalue weighted by Gasteiger charge is 2.19. The first-order valence-corrected chi connectivity index (χ1v) is 7.09. The molecule has 0 bridgehead atoms. The van der Waals surface area contributed by atoms with Crippen molar-refractivity contribution in [2.75, 3.05) is 20.7 Å². The van der Waals surface area contributed by atoms with Gasteiger partial charge in [-0.1, -0.05) is 6.92 Å². The minimum Gasteiger partial charge on any atom is -0.469 e. The Labute approximate surface area is 130 Å². The number of methoxy groups -OCH3 is 1. The third-order valence-corrected chi connectivity index (χ3v) is 3.51. The quantitative estimate of drug-likeness (QED) is 0.797. The summed E-state index contributed by atoms with van der Waals surface area (Å²) in [6.07, 6.45) is 3.89. The van der Waals surface area contributed by atoms with Gasteiger partial charge in [0, 0.05) is 37.2 Å². The van der Waals surface area contributed by atoms with E-state index in [0.717, 1.165) is 5.69 Å². The summed E-state index contributed by atoms with van der Waals surface area (Å²) in [6, 6.07) is 11.3. The van der Waals surface area contributed by atoms with Gasteiger partial charge in [-0.25, -0.2) is 0 Å². The van der Waals surface area contributed by atoms with E-state index < -0.39 is 0 Å². The predicted octanol–water partition coefficient (Wildman–Crippen LogP) is 2.36. The van der Waals surface area contributed by atoms with Crippen molar-refractivity contribution in [2.45, 2.75) is 6.92 Å². The van der Waals surface area contributed by atoms with Crippen LogP contribution in [0.25, 0.3) is 5.69 Å². The van der Waals surface area contributed by atoms with Crippen molar-refractivity contribution in [3.05, 3.63) is 54.4 Å². The maximum absolute atomic E-state index is 12.4. The van der Waals surface area contributed by atoms with Crippen molar-refractivity contribution in [3.63, 3.8) is 0 Å². The van der Waals surface area contributed by atoms with E-state index in [9.17, 15) is 9.59 Å². The Hall–Kier alpha value is -2.56. The van der Waals surface area contributed by atoms with E-state index in [0.29, 0.717) is 12.1 Å². The molecule has 1 heterocycles. The topological polar surface area (TPSA) is 51.5 Å². The first-order chi connectivity index (χ1) is 10.5. The fourth-order valence-electron chi connectivity index (χ4n) is 2.27. The van der Waals surface area contributed by atoms with Gasteiger partial charge in [0.2, 0.25) is 0 Å². The van der Waals surface area contributed by atoms with Gasteiger partial charge in [0.05, 0.1) is 13.0 Å². The molecule has 1 aromatic heterocycles. The third kappa shape index (κ3) is 3.55. The van der Waals surface area contributed by atoms with E-state index in [2.05, 4.69) is 4.74 Å². The monoisotopic (exact) mass is 300 g/mol. The van der Waals surface area contributed by atoms with Gasteiger partial charge in [0.1, 0.15) is 0 Å². The highest BCUT2D eigenvalue weighted by atomic mass is 16.5. The first-order valence-electron chi connectivity index (χ1n) is 7.09. The molecule has 2 aromatic rings. The number of carbonyl (C=O) groups excluding carboxylic acids is 2. The van der Waals surface area contributed by atoms with Crippen molar-refractivity contribution in [1.29, 1.82) is 0 Å². The van der Waals surface area contributed by atoms with Gasteiger partial charge in [-0.05, 0) is 36.4 Å². The summed E-state index contributed by atoms with van der Waals surface area (Å²) in [6.45, 7) is 2.07. The van der Waals surface area contributed by atoms with Crippen LogP contribution in [0.5, 0.6) is 0 Å². The van der Waals surface area contributed by atoms with Crippen molar-refractivity contribution >= 4 is 11.9 Å². The standard InChI is InChI=1S/C17H20N2O3/c1-13(17(21)22-3)12-18(2)16(20)14-6-8-15(9-7-14)19-10-4-5-11-19/h4-11,13H,12H2,1-3H3. The minimum atomic E-state index is -0.349. The molecule has 0 aliphatic rings. The molecule has 5 nitrogen and oxygen atoms in total. The molecular weight excluding hydrogens is 280 g/mol. The van der Waals surface area contributed by atoms with Gasteiger partial charge in [-0.3, -0.25) is 9.59 Å². The second kappa shape index (κ2) is 6.93. The molecule has 1 amide bonds. The van der Waals surface area contributed by atoms with Gasteiger partial charge in [-0.15, -0.1) is 0 Å². The Morgan fingerprint density at radius 2 is 1.77 bits per heavy atom. The lowest BCUT2D eigenvalue weighted by atomic mass is 10.1.